The number of hydrogen-bond acceptors (Lipinski definition) is 2. The molecule has 0 amide bonds. The Morgan fingerprint density at radius 1 is 1.06 bits per heavy atom. The predicted octanol–water partition coefficient (Wildman–Crippen LogP) is 5.43. The molecule has 2 heteroatoms. The van der Waals surface area contributed by atoms with Crippen LogP contribution in [0.4, 0.5) is 0 Å². The predicted molar refractivity (Wildman–Crippen MR) is 85.3 cm³/mol. The van der Waals surface area contributed by atoms with Gasteiger partial charge in [0.15, 0.2) is 0 Å². The lowest BCUT2D eigenvalue weighted by atomic mass is 9.43. The van der Waals surface area contributed by atoms with Crippen LogP contribution in [-0.2, 0) is 0 Å². The lowest BCUT2D eigenvalue weighted by Gasteiger charge is -2.62. The molecule has 0 saturated heterocycles. The van der Waals surface area contributed by atoms with Crippen LogP contribution in [0.25, 0.3) is 0 Å². The SMILES string of the molecule is CCC12CC3CC(C1)CC(CCSCSC)(C3)C2. The highest BCUT2D eigenvalue weighted by atomic mass is 32.2. The first kappa shape index (κ1) is 13.7. The summed E-state index contributed by atoms with van der Waals surface area (Å²) >= 11 is 4.16. The first-order chi connectivity index (χ1) is 8.69. The zero-order valence-electron chi connectivity index (χ0n) is 12.0. The van der Waals surface area contributed by atoms with Crippen molar-refractivity contribution in [1.82, 2.24) is 0 Å². The molecule has 0 aliphatic heterocycles. The van der Waals surface area contributed by atoms with Crippen LogP contribution in [0.1, 0.15) is 58.3 Å². The molecule has 0 aromatic rings. The van der Waals surface area contributed by atoms with Crippen LogP contribution in [0.2, 0.25) is 0 Å². The number of thioether (sulfide) groups is 2. The monoisotopic (exact) mass is 284 g/mol. The quantitative estimate of drug-likeness (QED) is 0.471. The minimum atomic E-state index is 0.783. The highest BCUT2D eigenvalue weighted by Gasteiger charge is 2.56. The molecule has 4 rings (SSSR count). The Morgan fingerprint density at radius 2 is 1.72 bits per heavy atom. The Kier molecular flexibility index (Phi) is 3.98. The molecule has 4 saturated carbocycles. The second-order valence-electron chi connectivity index (χ2n) is 7.38. The molecular formula is C16H28S2. The molecule has 4 aliphatic rings. The summed E-state index contributed by atoms with van der Waals surface area (Å²) in [6.45, 7) is 2.46. The zero-order valence-corrected chi connectivity index (χ0v) is 13.7. The summed E-state index contributed by atoms with van der Waals surface area (Å²) in [7, 11) is 0. The topological polar surface area (TPSA) is 0 Å². The molecule has 4 fully saturated rings. The van der Waals surface area contributed by atoms with Crippen molar-refractivity contribution in [1.29, 1.82) is 0 Å². The fraction of sp³-hybridized carbons (Fsp3) is 1.00. The standard InChI is InChI=1S/C16H28S2/c1-3-15-7-13-6-14(8-15)10-16(9-13,11-15)4-5-18-12-17-2/h13-14H,3-12H2,1-2H3. The van der Waals surface area contributed by atoms with Gasteiger partial charge in [0, 0.05) is 5.08 Å². The average molecular weight is 285 g/mol. The van der Waals surface area contributed by atoms with E-state index in [0.29, 0.717) is 0 Å². The highest BCUT2D eigenvalue weighted by Crippen LogP contribution is 2.67. The van der Waals surface area contributed by atoms with Crippen LogP contribution in [0.5, 0.6) is 0 Å². The van der Waals surface area contributed by atoms with Gasteiger partial charge in [-0.25, -0.2) is 0 Å². The third kappa shape index (κ3) is 2.49. The molecule has 104 valence electrons. The van der Waals surface area contributed by atoms with Gasteiger partial charge in [-0.2, -0.15) is 23.5 Å². The number of hydrogen-bond donors (Lipinski definition) is 0. The summed E-state index contributed by atoms with van der Waals surface area (Å²) in [4.78, 5) is 0. The van der Waals surface area contributed by atoms with Crippen LogP contribution in [0.15, 0.2) is 0 Å². The summed E-state index contributed by atoms with van der Waals surface area (Å²) in [5.74, 6) is 3.63. The van der Waals surface area contributed by atoms with Crippen LogP contribution in [-0.4, -0.2) is 17.1 Å². The van der Waals surface area contributed by atoms with Crippen molar-refractivity contribution in [3.05, 3.63) is 0 Å². The minimum Gasteiger partial charge on any atom is -0.155 e. The fourth-order valence-corrected chi connectivity index (χ4v) is 7.50. The van der Waals surface area contributed by atoms with Gasteiger partial charge in [-0.05, 0) is 79.6 Å². The molecule has 4 bridgehead atoms. The van der Waals surface area contributed by atoms with Crippen molar-refractivity contribution in [2.45, 2.75) is 58.3 Å². The van der Waals surface area contributed by atoms with Crippen molar-refractivity contribution in [3.8, 4) is 0 Å². The summed E-state index contributed by atoms with van der Waals surface area (Å²) < 4.78 is 0. The largest absolute Gasteiger partial charge is 0.155 e. The Labute approximate surface area is 121 Å². The van der Waals surface area contributed by atoms with Gasteiger partial charge in [0.05, 0.1) is 0 Å². The van der Waals surface area contributed by atoms with Crippen molar-refractivity contribution in [2.24, 2.45) is 22.7 Å². The van der Waals surface area contributed by atoms with Gasteiger partial charge in [0.2, 0.25) is 0 Å². The first-order valence-corrected chi connectivity index (χ1v) is 10.3. The third-order valence-electron chi connectivity index (χ3n) is 6.03. The normalized spacial score (nSPS) is 45.7. The van der Waals surface area contributed by atoms with Gasteiger partial charge in [-0.1, -0.05) is 13.3 Å². The Hall–Kier alpha value is 0.700. The number of rotatable bonds is 6. The zero-order chi connectivity index (χ0) is 12.6. The van der Waals surface area contributed by atoms with Gasteiger partial charge in [-0.3, -0.25) is 0 Å². The van der Waals surface area contributed by atoms with E-state index in [9.17, 15) is 0 Å². The van der Waals surface area contributed by atoms with E-state index in [1.54, 1.807) is 38.5 Å². The fourth-order valence-electron chi connectivity index (χ4n) is 5.79. The van der Waals surface area contributed by atoms with Gasteiger partial charge in [-0.15, -0.1) is 0 Å². The molecule has 18 heavy (non-hydrogen) atoms. The van der Waals surface area contributed by atoms with Crippen molar-refractivity contribution >= 4 is 23.5 Å². The molecular weight excluding hydrogens is 256 g/mol. The van der Waals surface area contributed by atoms with E-state index >= 15 is 0 Å². The molecule has 4 aliphatic carbocycles. The molecule has 2 unspecified atom stereocenters. The summed E-state index contributed by atoms with van der Waals surface area (Å²) in [5.41, 5.74) is 1.57. The molecule has 0 N–H and O–H groups in total. The van der Waals surface area contributed by atoms with Crippen molar-refractivity contribution in [2.75, 3.05) is 17.1 Å². The smallest absolute Gasteiger partial charge is 0.0389 e. The third-order valence-corrected chi connectivity index (χ3v) is 8.13. The minimum absolute atomic E-state index is 0.783. The maximum atomic E-state index is 2.46. The molecule has 2 atom stereocenters. The lowest BCUT2D eigenvalue weighted by Crippen LogP contribution is -2.51. The van der Waals surface area contributed by atoms with Crippen LogP contribution in [0.3, 0.4) is 0 Å². The van der Waals surface area contributed by atoms with Gasteiger partial charge in [0.1, 0.15) is 0 Å². The molecule has 0 heterocycles. The summed E-state index contributed by atoms with van der Waals surface area (Å²) in [5, 5.41) is 1.29. The molecule has 0 spiro atoms. The molecule has 0 aromatic heterocycles. The Morgan fingerprint density at radius 3 is 2.33 bits per heavy atom. The highest BCUT2D eigenvalue weighted by molar-refractivity contribution is 8.15. The van der Waals surface area contributed by atoms with E-state index in [4.69, 9.17) is 0 Å². The maximum Gasteiger partial charge on any atom is 0.0389 e. The molecule has 0 aromatic carbocycles. The first-order valence-electron chi connectivity index (χ1n) is 7.76. The summed E-state index contributed by atoms with van der Waals surface area (Å²) in [6, 6.07) is 0. The van der Waals surface area contributed by atoms with E-state index in [2.05, 4.69) is 24.9 Å². The van der Waals surface area contributed by atoms with Crippen LogP contribution >= 0.6 is 23.5 Å². The molecule has 0 radical (unpaired) electrons. The van der Waals surface area contributed by atoms with E-state index in [1.807, 2.05) is 11.8 Å². The van der Waals surface area contributed by atoms with E-state index in [0.717, 1.165) is 22.7 Å². The average Bonchev–Trinajstić information content (AvgIpc) is 2.33. The second-order valence-corrected chi connectivity index (χ2v) is 9.72. The van der Waals surface area contributed by atoms with E-state index in [1.165, 1.54) is 23.7 Å². The molecule has 0 nitrogen and oxygen atoms in total. The second kappa shape index (κ2) is 5.24. The van der Waals surface area contributed by atoms with Crippen molar-refractivity contribution in [3.63, 3.8) is 0 Å². The maximum absolute atomic E-state index is 2.46. The van der Waals surface area contributed by atoms with Crippen molar-refractivity contribution < 1.29 is 0 Å². The Bertz CT molecular complexity index is 285. The van der Waals surface area contributed by atoms with Gasteiger partial charge >= 0.3 is 0 Å². The lowest BCUT2D eigenvalue weighted by molar-refractivity contribution is -0.112. The van der Waals surface area contributed by atoms with Gasteiger partial charge < -0.3 is 0 Å². The summed E-state index contributed by atoms with van der Waals surface area (Å²) in [6.07, 6.45) is 14.7. The van der Waals surface area contributed by atoms with E-state index in [-0.39, 0.29) is 0 Å². The van der Waals surface area contributed by atoms with E-state index < -0.39 is 0 Å². The van der Waals surface area contributed by atoms with Crippen LogP contribution in [0, 0.1) is 22.7 Å². The van der Waals surface area contributed by atoms with Gasteiger partial charge in [0.25, 0.3) is 0 Å². The van der Waals surface area contributed by atoms with Crippen LogP contribution < -0.4 is 0 Å². The Balaban J connectivity index is 1.65.